The standard InChI is InChI=1S/C23H19ClN4O5S/c1-33-22(32)18-19(12-6-2-4-8-14(12)24)34-23(28-18)27-17(29)11-10-16-21(31)25-15-9-5-3-7-13(15)20(30)26-16/h2-9,16H,10-11H2,1H3,(H,25,31)(H,26,30)(H,27,28,29)/t16-/m0/s1. The van der Waals surface area contributed by atoms with E-state index in [0.29, 0.717) is 26.7 Å². The first kappa shape index (κ1) is 23.4. The number of hydrogen-bond acceptors (Lipinski definition) is 7. The number of methoxy groups -OCH3 is 1. The number of fused-ring (bicyclic) bond motifs is 1. The molecule has 3 amide bonds. The molecule has 34 heavy (non-hydrogen) atoms. The largest absolute Gasteiger partial charge is 0.464 e. The first-order chi connectivity index (χ1) is 16.4. The van der Waals surface area contributed by atoms with Gasteiger partial charge in [0.15, 0.2) is 10.8 Å². The number of carbonyl (C=O) groups excluding carboxylic acids is 4. The molecule has 2 heterocycles. The van der Waals surface area contributed by atoms with Crippen LogP contribution in [0.2, 0.25) is 5.02 Å². The van der Waals surface area contributed by atoms with Crippen molar-refractivity contribution >= 4 is 57.4 Å². The van der Waals surface area contributed by atoms with Gasteiger partial charge in [-0.2, -0.15) is 0 Å². The number of hydrogen-bond donors (Lipinski definition) is 3. The molecule has 0 aliphatic carbocycles. The predicted molar refractivity (Wildman–Crippen MR) is 128 cm³/mol. The van der Waals surface area contributed by atoms with Crippen LogP contribution in [0.4, 0.5) is 10.8 Å². The summed E-state index contributed by atoms with van der Waals surface area (Å²) in [5.41, 5.74) is 1.39. The number of carbonyl (C=O) groups is 4. The number of benzene rings is 2. The summed E-state index contributed by atoms with van der Waals surface area (Å²) in [6, 6.07) is 12.7. The minimum Gasteiger partial charge on any atom is -0.464 e. The Morgan fingerprint density at radius 3 is 2.56 bits per heavy atom. The fraction of sp³-hybridized carbons (Fsp3) is 0.174. The van der Waals surface area contributed by atoms with E-state index in [4.69, 9.17) is 16.3 Å². The lowest BCUT2D eigenvalue weighted by atomic mass is 10.1. The molecule has 1 aliphatic rings. The number of nitrogens with one attached hydrogen (secondary N) is 3. The van der Waals surface area contributed by atoms with Gasteiger partial charge in [0.1, 0.15) is 6.04 Å². The van der Waals surface area contributed by atoms with Gasteiger partial charge in [0.05, 0.1) is 23.2 Å². The lowest BCUT2D eigenvalue weighted by Crippen LogP contribution is -2.41. The number of thiazole rings is 1. The fourth-order valence-corrected chi connectivity index (χ4v) is 4.70. The number of nitrogens with zero attached hydrogens (tertiary/aromatic N) is 1. The van der Waals surface area contributed by atoms with Crippen LogP contribution < -0.4 is 16.0 Å². The van der Waals surface area contributed by atoms with Gasteiger partial charge in [-0.25, -0.2) is 9.78 Å². The van der Waals surface area contributed by atoms with Crippen LogP contribution in [0.1, 0.15) is 33.7 Å². The van der Waals surface area contributed by atoms with Crippen molar-refractivity contribution in [3.8, 4) is 10.4 Å². The highest BCUT2D eigenvalue weighted by Gasteiger charge is 2.28. The SMILES string of the molecule is COC(=O)c1nc(NC(=O)CC[C@@H]2NC(=O)c3ccccc3NC2=O)sc1-c1ccccc1Cl. The minimum atomic E-state index is -0.883. The molecule has 0 radical (unpaired) electrons. The third kappa shape index (κ3) is 4.92. The van der Waals surface area contributed by atoms with Crippen molar-refractivity contribution in [3.05, 3.63) is 64.8 Å². The van der Waals surface area contributed by atoms with Gasteiger partial charge in [-0.3, -0.25) is 14.4 Å². The van der Waals surface area contributed by atoms with Gasteiger partial charge in [-0.1, -0.05) is 53.3 Å². The molecule has 0 bridgehead atoms. The maximum atomic E-state index is 12.6. The minimum absolute atomic E-state index is 0.0315. The summed E-state index contributed by atoms with van der Waals surface area (Å²) in [5, 5.41) is 8.60. The number of halogens is 1. The van der Waals surface area contributed by atoms with Crippen LogP contribution in [0.25, 0.3) is 10.4 Å². The molecule has 174 valence electrons. The Morgan fingerprint density at radius 1 is 1.12 bits per heavy atom. The summed E-state index contributed by atoms with van der Waals surface area (Å²) in [5.74, 6) is -1.90. The first-order valence-electron chi connectivity index (χ1n) is 10.2. The highest BCUT2D eigenvalue weighted by Crippen LogP contribution is 2.37. The summed E-state index contributed by atoms with van der Waals surface area (Å²) in [6.45, 7) is 0. The topological polar surface area (TPSA) is 126 Å². The van der Waals surface area contributed by atoms with E-state index in [9.17, 15) is 19.2 Å². The second-order valence-electron chi connectivity index (χ2n) is 7.32. The molecule has 0 saturated carbocycles. The summed E-state index contributed by atoms with van der Waals surface area (Å²) in [6.07, 6.45) is 0.00722. The number of ether oxygens (including phenoxy) is 1. The van der Waals surface area contributed by atoms with Crippen LogP contribution in [0, 0.1) is 0 Å². The summed E-state index contributed by atoms with van der Waals surface area (Å²) < 4.78 is 4.81. The van der Waals surface area contributed by atoms with Crippen molar-refractivity contribution < 1.29 is 23.9 Å². The average Bonchev–Trinajstić information content (AvgIpc) is 3.19. The molecule has 1 aromatic heterocycles. The van der Waals surface area contributed by atoms with Crippen LogP contribution in [-0.2, 0) is 14.3 Å². The zero-order valence-electron chi connectivity index (χ0n) is 17.9. The molecule has 11 heteroatoms. The van der Waals surface area contributed by atoms with Crippen molar-refractivity contribution in [1.29, 1.82) is 0 Å². The normalized spacial score (nSPS) is 14.9. The molecule has 0 spiro atoms. The lowest BCUT2D eigenvalue weighted by Gasteiger charge is -2.13. The summed E-state index contributed by atoms with van der Waals surface area (Å²) in [4.78, 5) is 54.4. The Hall–Kier alpha value is -3.76. The van der Waals surface area contributed by atoms with E-state index in [-0.39, 0.29) is 23.7 Å². The van der Waals surface area contributed by atoms with Crippen LogP contribution in [0.5, 0.6) is 0 Å². The van der Waals surface area contributed by atoms with Crippen molar-refractivity contribution in [1.82, 2.24) is 10.3 Å². The molecule has 1 atom stereocenters. The molecular weight excluding hydrogens is 480 g/mol. The van der Waals surface area contributed by atoms with E-state index in [1.807, 2.05) is 0 Å². The Morgan fingerprint density at radius 2 is 1.82 bits per heavy atom. The predicted octanol–water partition coefficient (Wildman–Crippen LogP) is 3.72. The Kier molecular flexibility index (Phi) is 6.90. The molecule has 0 saturated heterocycles. The molecule has 0 unspecified atom stereocenters. The molecule has 9 nitrogen and oxygen atoms in total. The van der Waals surface area contributed by atoms with Crippen LogP contribution in [0.3, 0.4) is 0 Å². The molecule has 4 rings (SSSR count). The highest BCUT2D eigenvalue weighted by molar-refractivity contribution is 7.19. The van der Waals surface area contributed by atoms with Gasteiger partial charge in [0, 0.05) is 17.0 Å². The van der Waals surface area contributed by atoms with Crippen molar-refractivity contribution in [2.24, 2.45) is 0 Å². The lowest BCUT2D eigenvalue weighted by molar-refractivity contribution is -0.118. The van der Waals surface area contributed by atoms with E-state index in [1.165, 1.54) is 7.11 Å². The van der Waals surface area contributed by atoms with Crippen molar-refractivity contribution in [3.63, 3.8) is 0 Å². The second-order valence-corrected chi connectivity index (χ2v) is 8.72. The Bertz CT molecular complexity index is 1290. The molecule has 2 aromatic carbocycles. The zero-order chi connectivity index (χ0) is 24.2. The second kappa shape index (κ2) is 10.0. The molecule has 0 fully saturated rings. The zero-order valence-corrected chi connectivity index (χ0v) is 19.5. The van der Waals surface area contributed by atoms with Gasteiger partial charge in [0.25, 0.3) is 5.91 Å². The monoisotopic (exact) mass is 498 g/mol. The third-order valence-corrected chi connectivity index (χ3v) is 6.42. The third-order valence-electron chi connectivity index (χ3n) is 5.08. The van der Waals surface area contributed by atoms with Crippen molar-refractivity contribution in [2.45, 2.75) is 18.9 Å². The number of anilines is 2. The average molecular weight is 499 g/mol. The number of para-hydroxylation sites is 1. The van der Waals surface area contributed by atoms with E-state index in [2.05, 4.69) is 20.9 Å². The van der Waals surface area contributed by atoms with Gasteiger partial charge in [-0.05, 0) is 24.6 Å². The van der Waals surface area contributed by atoms with Gasteiger partial charge in [-0.15, -0.1) is 0 Å². The van der Waals surface area contributed by atoms with E-state index < -0.39 is 29.7 Å². The molecular formula is C23H19ClN4O5S. The van der Waals surface area contributed by atoms with Gasteiger partial charge < -0.3 is 20.7 Å². The first-order valence-corrected chi connectivity index (χ1v) is 11.4. The Labute approximate surface area is 203 Å². The quantitative estimate of drug-likeness (QED) is 0.444. The summed E-state index contributed by atoms with van der Waals surface area (Å²) in [7, 11) is 1.24. The van der Waals surface area contributed by atoms with Gasteiger partial charge >= 0.3 is 5.97 Å². The van der Waals surface area contributed by atoms with Crippen molar-refractivity contribution in [2.75, 3.05) is 17.7 Å². The van der Waals surface area contributed by atoms with E-state index >= 15 is 0 Å². The maximum Gasteiger partial charge on any atom is 0.358 e. The smallest absolute Gasteiger partial charge is 0.358 e. The maximum absolute atomic E-state index is 12.6. The summed E-state index contributed by atoms with van der Waals surface area (Å²) >= 11 is 7.35. The number of esters is 1. The van der Waals surface area contributed by atoms with E-state index in [0.717, 1.165) is 11.3 Å². The molecule has 1 aliphatic heterocycles. The number of rotatable bonds is 6. The van der Waals surface area contributed by atoms with E-state index in [1.54, 1.807) is 48.5 Å². The Balaban J connectivity index is 1.45. The van der Waals surface area contributed by atoms with Crippen LogP contribution in [0.15, 0.2) is 48.5 Å². The fourth-order valence-electron chi connectivity index (χ4n) is 3.41. The van der Waals surface area contributed by atoms with Crippen LogP contribution in [-0.4, -0.2) is 41.8 Å². The number of amides is 3. The molecule has 3 aromatic rings. The van der Waals surface area contributed by atoms with Crippen LogP contribution >= 0.6 is 22.9 Å². The van der Waals surface area contributed by atoms with Gasteiger partial charge in [0.2, 0.25) is 11.8 Å². The molecule has 3 N–H and O–H groups in total. The number of aromatic nitrogens is 1. The highest BCUT2D eigenvalue weighted by atomic mass is 35.5.